The van der Waals surface area contributed by atoms with Crippen LogP contribution in [0.4, 0.5) is 0 Å². The maximum atomic E-state index is 12.4. The second kappa shape index (κ2) is 7.10. The topological polar surface area (TPSA) is 35.6 Å². The number of piperidine rings is 3. The molecule has 1 amide bonds. The fourth-order valence-corrected chi connectivity index (χ4v) is 4.61. The van der Waals surface area contributed by atoms with Crippen molar-refractivity contribution in [1.29, 1.82) is 0 Å². The molecular weight excluding hydrogens is 262 g/mol. The van der Waals surface area contributed by atoms with Gasteiger partial charge in [-0.25, -0.2) is 0 Å². The minimum absolute atomic E-state index is 0.392. The van der Waals surface area contributed by atoms with E-state index >= 15 is 0 Å². The number of nitrogens with one attached hydrogen (secondary N) is 1. The first kappa shape index (κ1) is 15.3. The monoisotopic (exact) mass is 293 g/mol. The van der Waals surface area contributed by atoms with E-state index in [0.29, 0.717) is 24.0 Å². The Bertz CT molecular complexity index is 340. The van der Waals surface area contributed by atoms with Crippen molar-refractivity contribution in [2.24, 2.45) is 0 Å². The van der Waals surface area contributed by atoms with Crippen LogP contribution in [-0.4, -0.2) is 60.5 Å². The number of hydrogen-bond donors (Lipinski definition) is 1. The molecule has 0 aliphatic carbocycles. The number of fused-ring (bicyclic) bond motifs is 2. The van der Waals surface area contributed by atoms with Crippen molar-refractivity contribution in [3.63, 3.8) is 0 Å². The van der Waals surface area contributed by atoms with Crippen LogP contribution in [0.2, 0.25) is 0 Å². The predicted molar refractivity (Wildman–Crippen MR) is 85.3 cm³/mol. The second-order valence-corrected chi connectivity index (χ2v) is 7.12. The van der Waals surface area contributed by atoms with Crippen molar-refractivity contribution in [3.8, 4) is 0 Å². The van der Waals surface area contributed by atoms with Gasteiger partial charge in [0.25, 0.3) is 0 Å². The quantitative estimate of drug-likeness (QED) is 0.861. The molecule has 3 heterocycles. The highest BCUT2D eigenvalue weighted by molar-refractivity contribution is 5.76. The molecule has 0 saturated carbocycles. The minimum Gasteiger partial charge on any atom is -0.343 e. The van der Waals surface area contributed by atoms with Crippen LogP contribution >= 0.6 is 0 Å². The van der Waals surface area contributed by atoms with Gasteiger partial charge in [0.1, 0.15) is 0 Å². The molecule has 3 fully saturated rings. The van der Waals surface area contributed by atoms with E-state index in [9.17, 15) is 4.79 Å². The molecule has 4 nitrogen and oxygen atoms in total. The second-order valence-electron chi connectivity index (χ2n) is 7.12. The molecule has 4 heteroatoms. The average molecular weight is 293 g/mol. The number of rotatable bonds is 4. The standard InChI is InChI=1S/C17H31N3O/c1-18-14-12-15-6-5-7-16(13-14)20(15)11-8-17(21)19-9-3-2-4-10-19/h14-16,18H,2-13H2,1H3. The molecule has 21 heavy (non-hydrogen) atoms. The Morgan fingerprint density at radius 1 is 1.05 bits per heavy atom. The van der Waals surface area contributed by atoms with Gasteiger partial charge in [0, 0.05) is 44.2 Å². The Balaban J connectivity index is 1.51. The lowest BCUT2D eigenvalue weighted by Gasteiger charge is -2.49. The third kappa shape index (κ3) is 3.59. The first-order valence-corrected chi connectivity index (χ1v) is 8.98. The van der Waals surface area contributed by atoms with Gasteiger partial charge < -0.3 is 10.2 Å². The van der Waals surface area contributed by atoms with Crippen molar-refractivity contribution in [2.75, 3.05) is 26.7 Å². The SMILES string of the molecule is CNC1CC2CCCC(C1)N2CCC(=O)N1CCCCC1. The molecule has 0 aromatic rings. The number of likely N-dealkylation sites (tertiary alicyclic amines) is 1. The molecular formula is C17H31N3O. The normalized spacial score (nSPS) is 34.0. The zero-order valence-electron chi connectivity index (χ0n) is 13.5. The van der Waals surface area contributed by atoms with Crippen molar-refractivity contribution >= 4 is 5.91 Å². The third-order valence-corrected chi connectivity index (χ3v) is 5.83. The van der Waals surface area contributed by atoms with E-state index in [4.69, 9.17) is 0 Å². The van der Waals surface area contributed by atoms with Crippen LogP contribution in [0.1, 0.15) is 57.8 Å². The van der Waals surface area contributed by atoms with E-state index in [2.05, 4.69) is 22.2 Å². The van der Waals surface area contributed by atoms with E-state index in [1.165, 1.54) is 51.4 Å². The van der Waals surface area contributed by atoms with Gasteiger partial charge in [0.2, 0.25) is 5.91 Å². The average Bonchev–Trinajstić information content (AvgIpc) is 2.52. The van der Waals surface area contributed by atoms with Crippen LogP contribution in [0.15, 0.2) is 0 Å². The highest BCUT2D eigenvalue weighted by atomic mass is 16.2. The van der Waals surface area contributed by atoms with E-state index in [0.717, 1.165) is 26.1 Å². The Morgan fingerprint density at radius 2 is 1.71 bits per heavy atom. The Hall–Kier alpha value is -0.610. The van der Waals surface area contributed by atoms with E-state index < -0.39 is 0 Å². The summed E-state index contributed by atoms with van der Waals surface area (Å²) < 4.78 is 0. The summed E-state index contributed by atoms with van der Waals surface area (Å²) in [6, 6.07) is 2.11. The molecule has 0 aromatic carbocycles. The molecule has 3 aliphatic heterocycles. The molecule has 3 saturated heterocycles. The third-order valence-electron chi connectivity index (χ3n) is 5.83. The summed E-state index contributed by atoms with van der Waals surface area (Å²) >= 11 is 0. The molecule has 120 valence electrons. The Kier molecular flexibility index (Phi) is 5.17. The van der Waals surface area contributed by atoms with E-state index in [-0.39, 0.29) is 0 Å². The molecule has 1 N–H and O–H groups in total. The van der Waals surface area contributed by atoms with Crippen LogP contribution in [0.5, 0.6) is 0 Å². The molecule has 2 bridgehead atoms. The molecule has 3 rings (SSSR count). The zero-order chi connectivity index (χ0) is 14.7. The smallest absolute Gasteiger partial charge is 0.223 e. The lowest BCUT2D eigenvalue weighted by Crippen LogP contribution is -2.56. The molecule has 2 unspecified atom stereocenters. The van der Waals surface area contributed by atoms with Gasteiger partial charge in [-0.15, -0.1) is 0 Å². The van der Waals surface area contributed by atoms with Crippen molar-refractivity contribution < 1.29 is 4.79 Å². The molecule has 0 spiro atoms. The fourth-order valence-electron chi connectivity index (χ4n) is 4.61. The summed E-state index contributed by atoms with van der Waals surface area (Å²) in [6.07, 6.45) is 11.0. The van der Waals surface area contributed by atoms with Crippen LogP contribution in [0, 0.1) is 0 Å². The summed E-state index contributed by atoms with van der Waals surface area (Å²) in [6.45, 7) is 2.97. The van der Waals surface area contributed by atoms with Crippen LogP contribution in [0.3, 0.4) is 0 Å². The fraction of sp³-hybridized carbons (Fsp3) is 0.941. The number of nitrogens with zero attached hydrogens (tertiary/aromatic N) is 2. The lowest BCUT2D eigenvalue weighted by molar-refractivity contribution is -0.133. The first-order chi connectivity index (χ1) is 10.3. The van der Waals surface area contributed by atoms with Crippen LogP contribution in [0.25, 0.3) is 0 Å². The van der Waals surface area contributed by atoms with Crippen molar-refractivity contribution in [3.05, 3.63) is 0 Å². The van der Waals surface area contributed by atoms with Crippen molar-refractivity contribution in [1.82, 2.24) is 15.1 Å². The summed E-state index contributed by atoms with van der Waals surface area (Å²) in [4.78, 5) is 17.1. The molecule has 0 radical (unpaired) electrons. The van der Waals surface area contributed by atoms with Gasteiger partial charge >= 0.3 is 0 Å². The Labute approximate surface area is 129 Å². The minimum atomic E-state index is 0.392. The summed E-state index contributed by atoms with van der Waals surface area (Å²) in [5.74, 6) is 0.392. The number of hydrogen-bond acceptors (Lipinski definition) is 3. The van der Waals surface area contributed by atoms with Gasteiger partial charge in [-0.05, 0) is 52.0 Å². The summed E-state index contributed by atoms with van der Waals surface area (Å²) in [5.41, 5.74) is 0. The van der Waals surface area contributed by atoms with Crippen LogP contribution < -0.4 is 5.32 Å². The zero-order valence-corrected chi connectivity index (χ0v) is 13.5. The summed E-state index contributed by atoms with van der Waals surface area (Å²) in [5, 5.41) is 3.47. The molecule has 3 aliphatic rings. The lowest BCUT2D eigenvalue weighted by atomic mass is 9.81. The van der Waals surface area contributed by atoms with E-state index in [1.807, 2.05) is 0 Å². The number of carbonyl (C=O) groups excluding carboxylic acids is 1. The number of carbonyl (C=O) groups is 1. The maximum Gasteiger partial charge on any atom is 0.223 e. The highest BCUT2D eigenvalue weighted by Crippen LogP contribution is 2.34. The van der Waals surface area contributed by atoms with Gasteiger partial charge in [-0.2, -0.15) is 0 Å². The Morgan fingerprint density at radius 3 is 2.33 bits per heavy atom. The largest absolute Gasteiger partial charge is 0.343 e. The molecule has 0 aromatic heterocycles. The summed E-state index contributed by atoms with van der Waals surface area (Å²) in [7, 11) is 2.09. The highest BCUT2D eigenvalue weighted by Gasteiger charge is 2.37. The van der Waals surface area contributed by atoms with Crippen molar-refractivity contribution in [2.45, 2.75) is 75.9 Å². The van der Waals surface area contributed by atoms with E-state index in [1.54, 1.807) is 0 Å². The number of amides is 1. The van der Waals surface area contributed by atoms with Gasteiger partial charge in [0.15, 0.2) is 0 Å². The first-order valence-electron chi connectivity index (χ1n) is 8.98. The van der Waals surface area contributed by atoms with Gasteiger partial charge in [-0.1, -0.05) is 6.42 Å². The predicted octanol–water partition coefficient (Wildman–Crippen LogP) is 1.99. The van der Waals surface area contributed by atoms with Crippen LogP contribution in [-0.2, 0) is 4.79 Å². The molecule has 2 atom stereocenters. The van der Waals surface area contributed by atoms with Gasteiger partial charge in [0.05, 0.1) is 0 Å². The van der Waals surface area contributed by atoms with Gasteiger partial charge in [-0.3, -0.25) is 9.69 Å². The maximum absolute atomic E-state index is 12.4.